The van der Waals surface area contributed by atoms with Crippen molar-refractivity contribution in [1.82, 2.24) is 0 Å². The highest BCUT2D eigenvalue weighted by molar-refractivity contribution is 7.23. The van der Waals surface area contributed by atoms with Crippen molar-refractivity contribution in [1.29, 1.82) is 0 Å². The van der Waals surface area contributed by atoms with Crippen molar-refractivity contribution in [2.75, 3.05) is 0 Å². The predicted octanol–water partition coefficient (Wildman–Crippen LogP) is 5.08. The average molecular weight is 243 g/mol. The summed E-state index contributed by atoms with van der Waals surface area (Å²) in [6.07, 6.45) is 11.7. The quantitative estimate of drug-likeness (QED) is 0.370. The van der Waals surface area contributed by atoms with Crippen LogP contribution in [0.4, 0.5) is 0 Å². The first kappa shape index (κ1) is 15.4. The minimum Gasteiger partial charge on any atom is -0.0719 e. The summed E-state index contributed by atoms with van der Waals surface area (Å²) in [5, 5.41) is 0. The molecule has 0 aliphatic rings. The Labute approximate surface area is 101 Å². The molecule has 0 fully saturated rings. The maximum atomic E-state index is 2.50. The molecule has 15 heavy (non-hydrogen) atoms. The monoisotopic (exact) mass is 242 g/mol. The third-order valence-electron chi connectivity index (χ3n) is 2.69. The second-order valence-electron chi connectivity index (χ2n) is 5.65. The Morgan fingerprint density at radius 2 is 1.20 bits per heavy atom. The second-order valence-corrected chi connectivity index (χ2v) is 16.6. The van der Waals surface area contributed by atoms with Crippen LogP contribution in [-0.2, 0) is 0 Å². The maximum Gasteiger partial charge on any atom is 0.0327 e. The molecule has 90 valence electrons. The summed E-state index contributed by atoms with van der Waals surface area (Å²) in [6, 6.07) is 1.52. The van der Waals surface area contributed by atoms with E-state index < -0.39 is 7.59 Å². The van der Waals surface area contributed by atoms with Gasteiger partial charge in [-0.25, -0.2) is 0 Å². The number of hydrogen-bond donors (Lipinski definition) is 0. The van der Waals surface area contributed by atoms with E-state index in [9.17, 15) is 0 Å². The van der Waals surface area contributed by atoms with Gasteiger partial charge in [0.15, 0.2) is 0 Å². The first-order valence-electron chi connectivity index (χ1n) is 6.81. The van der Waals surface area contributed by atoms with Gasteiger partial charge in [-0.15, -0.1) is 0 Å². The lowest BCUT2D eigenvalue weighted by Gasteiger charge is -2.13. The zero-order chi connectivity index (χ0) is 11.6. The highest BCUT2D eigenvalue weighted by Gasteiger charge is 2.12. The fraction of sp³-hybridized carbons (Fsp3) is 1.00. The molecule has 2 radical (unpaired) electrons. The Kier molecular flexibility index (Phi) is 9.92. The van der Waals surface area contributed by atoms with Crippen molar-refractivity contribution in [3.8, 4) is 0 Å². The van der Waals surface area contributed by atoms with Crippen LogP contribution in [0.3, 0.4) is 0 Å². The van der Waals surface area contributed by atoms with Crippen LogP contribution < -0.4 is 0 Å². The minimum absolute atomic E-state index is 0.716. The Morgan fingerprint density at radius 1 is 0.733 bits per heavy atom. The number of hydrogen-bond acceptors (Lipinski definition) is 0. The zero-order valence-electron chi connectivity index (χ0n) is 11.4. The molecular weight excluding hydrogens is 212 g/mol. The van der Waals surface area contributed by atoms with E-state index in [0.717, 1.165) is 0 Å². The van der Waals surface area contributed by atoms with Crippen LogP contribution in [0.2, 0.25) is 25.7 Å². The molecule has 0 spiro atoms. The molecule has 0 nitrogen and oxygen atoms in total. The molecule has 0 heterocycles. The summed E-state index contributed by atoms with van der Waals surface area (Å²) < 4.78 is 0. The maximum absolute atomic E-state index is 2.50. The Bertz CT molecular complexity index is 127. The fourth-order valence-corrected chi connectivity index (χ4v) is 5.68. The molecule has 0 N–H and O–H groups in total. The van der Waals surface area contributed by atoms with Gasteiger partial charge in [0, 0.05) is 16.6 Å². The Morgan fingerprint density at radius 3 is 1.67 bits per heavy atom. The molecule has 0 aliphatic carbocycles. The summed E-state index contributed by atoms with van der Waals surface area (Å²) in [4.78, 5) is 0. The van der Waals surface area contributed by atoms with E-state index in [-0.39, 0.29) is 0 Å². The van der Waals surface area contributed by atoms with Crippen molar-refractivity contribution < 1.29 is 0 Å². The van der Waals surface area contributed by atoms with Gasteiger partial charge >= 0.3 is 0 Å². The SMILES string of the molecule is CCCCCCCCCC[Si][Si](C)(C)C. The van der Waals surface area contributed by atoms with Crippen molar-refractivity contribution >= 4 is 16.6 Å². The van der Waals surface area contributed by atoms with Crippen LogP contribution in [0, 0.1) is 0 Å². The van der Waals surface area contributed by atoms with Crippen molar-refractivity contribution in [2.24, 2.45) is 0 Å². The molecule has 0 saturated heterocycles. The summed E-state index contributed by atoms with van der Waals surface area (Å²) >= 11 is 0. The van der Waals surface area contributed by atoms with Gasteiger partial charge in [0.25, 0.3) is 0 Å². The van der Waals surface area contributed by atoms with E-state index >= 15 is 0 Å². The largest absolute Gasteiger partial charge is 0.0719 e. The summed E-state index contributed by atoms with van der Waals surface area (Å²) in [5.41, 5.74) is 0. The molecular formula is C13H30Si2. The summed E-state index contributed by atoms with van der Waals surface area (Å²) in [6.45, 7) is 9.78. The first-order chi connectivity index (χ1) is 7.06. The first-order valence-corrected chi connectivity index (χ1v) is 12.5. The highest BCUT2D eigenvalue weighted by Crippen LogP contribution is 2.11. The molecule has 0 aromatic heterocycles. The van der Waals surface area contributed by atoms with Crippen LogP contribution in [0.5, 0.6) is 0 Å². The molecule has 0 amide bonds. The molecule has 0 aromatic carbocycles. The highest BCUT2D eigenvalue weighted by atomic mass is 29.2. The predicted molar refractivity (Wildman–Crippen MR) is 76.5 cm³/mol. The second kappa shape index (κ2) is 9.64. The lowest BCUT2D eigenvalue weighted by Crippen LogP contribution is -2.29. The smallest absolute Gasteiger partial charge is 0.0327 e. The Hall–Kier alpha value is 0.434. The minimum atomic E-state index is -0.716. The van der Waals surface area contributed by atoms with Crippen molar-refractivity contribution in [3.05, 3.63) is 0 Å². The Balaban J connectivity index is 2.99. The topological polar surface area (TPSA) is 0 Å². The van der Waals surface area contributed by atoms with E-state index in [1.807, 2.05) is 0 Å². The van der Waals surface area contributed by atoms with Crippen LogP contribution >= 0.6 is 0 Å². The van der Waals surface area contributed by atoms with Gasteiger partial charge in [-0.3, -0.25) is 0 Å². The van der Waals surface area contributed by atoms with E-state index in [1.54, 1.807) is 0 Å². The van der Waals surface area contributed by atoms with Crippen molar-refractivity contribution in [2.45, 2.75) is 84.0 Å². The van der Waals surface area contributed by atoms with E-state index in [0.29, 0.717) is 0 Å². The fourth-order valence-electron chi connectivity index (χ4n) is 1.72. The standard InChI is InChI=1S/C13H30Si2/c1-5-6-7-8-9-10-11-12-13-14-15(2,3)4/h5-13H2,1-4H3. The molecule has 2 heteroatoms. The van der Waals surface area contributed by atoms with E-state index in [2.05, 4.69) is 26.6 Å². The van der Waals surface area contributed by atoms with Gasteiger partial charge in [-0.1, -0.05) is 84.0 Å². The van der Waals surface area contributed by atoms with Crippen LogP contribution in [0.1, 0.15) is 58.3 Å². The normalized spacial score (nSPS) is 12.0. The third-order valence-corrected chi connectivity index (χ3v) is 8.28. The zero-order valence-corrected chi connectivity index (χ0v) is 13.4. The lowest BCUT2D eigenvalue weighted by atomic mass is 10.1. The molecule has 0 atom stereocenters. The lowest BCUT2D eigenvalue weighted by molar-refractivity contribution is 0.585. The third kappa shape index (κ3) is 14.4. The van der Waals surface area contributed by atoms with Gasteiger partial charge < -0.3 is 0 Å². The van der Waals surface area contributed by atoms with E-state index in [4.69, 9.17) is 0 Å². The van der Waals surface area contributed by atoms with Crippen molar-refractivity contribution in [3.63, 3.8) is 0 Å². The molecule has 0 aromatic rings. The molecule has 0 unspecified atom stereocenters. The van der Waals surface area contributed by atoms with Gasteiger partial charge in [-0.2, -0.15) is 0 Å². The van der Waals surface area contributed by atoms with Crippen LogP contribution in [0.15, 0.2) is 0 Å². The summed E-state index contributed by atoms with van der Waals surface area (Å²) in [5.74, 6) is 0. The number of unbranched alkanes of at least 4 members (excludes halogenated alkanes) is 7. The molecule has 0 rings (SSSR count). The van der Waals surface area contributed by atoms with Gasteiger partial charge in [0.05, 0.1) is 0 Å². The number of rotatable bonds is 10. The molecule has 0 saturated carbocycles. The van der Waals surface area contributed by atoms with Gasteiger partial charge in [0.2, 0.25) is 0 Å². The summed E-state index contributed by atoms with van der Waals surface area (Å²) in [7, 11) is 0.577. The van der Waals surface area contributed by atoms with Crippen LogP contribution in [-0.4, -0.2) is 16.6 Å². The molecule has 0 bridgehead atoms. The average Bonchev–Trinajstić information content (AvgIpc) is 2.14. The van der Waals surface area contributed by atoms with E-state index in [1.165, 1.54) is 66.4 Å². The van der Waals surface area contributed by atoms with Crippen LogP contribution in [0.25, 0.3) is 0 Å². The molecule has 0 aliphatic heterocycles. The van der Waals surface area contributed by atoms with Gasteiger partial charge in [-0.05, 0) is 0 Å². The van der Waals surface area contributed by atoms with Gasteiger partial charge in [0.1, 0.15) is 0 Å².